The van der Waals surface area contributed by atoms with Crippen molar-refractivity contribution in [3.63, 3.8) is 0 Å². The normalized spacial score (nSPS) is 23.0. The molecule has 32 heavy (non-hydrogen) atoms. The summed E-state index contributed by atoms with van der Waals surface area (Å²) in [7, 11) is 0. The van der Waals surface area contributed by atoms with E-state index < -0.39 is 11.8 Å². The van der Waals surface area contributed by atoms with Crippen molar-refractivity contribution < 1.29 is 18.7 Å². The number of hydrogen-bond donors (Lipinski definition) is 0. The molecule has 0 saturated carbocycles. The van der Waals surface area contributed by atoms with Crippen LogP contribution in [0.5, 0.6) is 0 Å². The van der Waals surface area contributed by atoms with Crippen LogP contribution in [0.1, 0.15) is 42.0 Å². The van der Waals surface area contributed by atoms with Gasteiger partial charge in [0.2, 0.25) is 0 Å². The monoisotopic (exact) mass is 437 g/mol. The molecule has 3 aliphatic heterocycles. The molecule has 0 radical (unpaired) electrons. The summed E-state index contributed by atoms with van der Waals surface area (Å²) in [4.78, 5) is 15.5. The predicted octanol–water partition coefficient (Wildman–Crippen LogP) is 3.65. The lowest BCUT2D eigenvalue weighted by atomic mass is 9.97. The van der Waals surface area contributed by atoms with E-state index in [2.05, 4.69) is 11.0 Å². The van der Waals surface area contributed by atoms with Crippen LogP contribution >= 0.6 is 0 Å². The second-order valence-corrected chi connectivity index (χ2v) is 8.78. The number of halogens is 1. The Balaban J connectivity index is 1.35. The van der Waals surface area contributed by atoms with Crippen LogP contribution in [-0.4, -0.2) is 60.2 Å². The van der Waals surface area contributed by atoms with Gasteiger partial charge in [-0.25, -0.2) is 9.40 Å². The lowest BCUT2D eigenvalue weighted by Crippen LogP contribution is -2.48. The Morgan fingerprint density at radius 3 is 2.59 bits per heavy atom. The van der Waals surface area contributed by atoms with Gasteiger partial charge in [0.25, 0.3) is 5.91 Å². The first-order valence-corrected chi connectivity index (χ1v) is 11.2. The molecule has 5 rings (SSSR count). The molecule has 2 saturated heterocycles. The fourth-order valence-corrected chi connectivity index (χ4v) is 4.83. The van der Waals surface area contributed by atoms with Crippen LogP contribution in [0.2, 0.25) is 0 Å². The molecule has 6 nitrogen and oxygen atoms in total. The third-order valence-electron chi connectivity index (χ3n) is 6.57. The molecule has 0 N–H and O–H groups in total. The topological polar surface area (TPSA) is 54.4 Å². The summed E-state index contributed by atoms with van der Waals surface area (Å²) >= 11 is 0. The van der Waals surface area contributed by atoms with Crippen molar-refractivity contribution in [2.45, 2.75) is 38.0 Å². The first-order chi connectivity index (χ1) is 15.5. The Labute approximate surface area is 187 Å². The van der Waals surface area contributed by atoms with Gasteiger partial charge in [0, 0.05) is 37.9 Å². The molecule has 1 spiro atoms. The van der Waals surface area contributed by atoms with Gasteiger partial charge in [-0.05, 0) is 18.6 Å². The molecule has 0 bridgehead atoms. The molecule has 0 aromatic heterocycles. The minimum atomic E-state index is -0.473. The molecule has 2 fully saturated rings. The Morgan fingerprint density at radius 2 is 1.88 bits per heavy atom. The summed E-state index contributed by atoms with van der Waals surface area (Å²) in [6.45, 7) is 4.97. The zero-order valence-corrected chi connectivity index (χ0v) is 18.3. The van der Waals surface area contributed by atoms with Crippen molar-refractivity contribution in [3.8, 4) is 0 Å². The zero-order chi connectivity index (χ0) is 22.1. The van der Waals surface area contributed by atoms with Crippen molar-refractivity contribution >= 4 is 11.6 Å². The highest BCUT2D eigenvalue weighted by Crippen LogP contribution is 2.35. The molecule has 0 aliphatic carbocycles. The summed E-state index contributed by atoms with van der Waals surface area (Å²) < 4.78 is 26.2. The van der Waals surface area contributed by atoms with Crippen molar-refractivity contribution in [3.05, 3.63) is 71.0 Å². The van der Waals surface area contributed by atoms with E-state index in [0.29, 0.717) is 25.2 Å². The fraction of sp³-hybridized carbons (Fsp3) is 0.440. The van der Waals surface area contributed by atoms with Crippen LogP contribution in [0.25, 0.3) is 0 Å². The van der Waals surface area contributed by atoms with Crippen LogP contribution in [0.15, 0.2) is 53.6 Å². The standard InChI is InChI=1S/C25H28FN3O3/c1-18-5-4-6-19(15-18)22-16-23(20-7-2-3-8-21(20)26)29(27-22)24(30)17-28-11-9-25(10-12-28)31-13-14-32-25/h2-8,15,23H,9-14,16-17H2,1H3/t23-/m0/s1. The maximum atomic E-state index is 14.7. The van der Waals surface area contributed by atoms with Crippen molar-refractivity contribution in [1.29, 1.82) is 0 Å². The maximum Gasteiger partial charge on any atom is 0.257 e. The largest absolute Gasteiger partial charge is 0.347 e. The first kappa shape index (κ1) is 21.2. The van der Waals surface area contributed by atoms with Crippen LogP contribution in [-0.2, 0) is 14.3 Å². The third-order valence-corrected chi connectivity index (χ3v) is 6.57. The van der Waals surface area contributed by atoms with E-state index in [1.54, 1.807) is 18.2 Å². The summed E-state index contributed by atoms with van der Waals surface area (Å²) in [5.74, 6) is -0.907. The number of nitrogens with zero attached hydrogens (tertiary/aromatic N) is 3. The van der Waals surface area contributed by atoms with E-state index in [9.17, 15) is 9.18 Å². The minimum Gasteiger partial charge on any atom is -0.347 e. The molecule has 0 unspecified atom stereocenters. The average molecular weight is 438 g/mol. The Bertz CT molecular complexity index is 1020. The van der Waals surface area contributed by atoms with Gasteiger partial charge in [-0.3, -0.25) is 9.69 Å². The molecule has 3 heterocycles. The number of piperidine rings is 1. The smallest absolute Gasteiger partial charge is 0.257 e. The molecule has 1 amide bonds. The van der Waals surface area contributed by atoms with E-state index in [-0.39, 0.29) is 18.3 Å². The quantitative estimate of drug-likeness (QED) is 0.733. The van der Waals surface area contributed by atoms with Crippen LogP contribution in [0.3, 0.4) is 0 Å². The van der Waals surface area contributed by atoms with E-state index >= 15 is 0 Å². The number of benzene rings is 2. The fourth-order valence-electron chi connectivity index (χ4n) is 4.83. The number of amides is 1. The van der Waals surface area contributed by atoms with Gasteiger partial charge in [-0.2, -0.15) is 5.10 Å². The molecule has 168 valence electrons. The van der Waals surface area contributed by atoms with Crippen LogP contribution in [0.4, 0.5) is 4.39 Å². The maximum absolute atomic E-state index is 14.7. The number of ether oxygens (including phenoxy) is 2. The number of likely N-dealkylation sites (tertiary alicyclic amines) is 1. The van der Waals surface area contributed by atoms with Gasteiger partial charge in [0.1, 0.15) is 5.82 Å². The van der Waals surface area contributed by atoms with Crippen LogP contribution in [0, 0.1) is 12.7 Å². The number of hydrazone groups is 1. The number of aryl methyl sites for hydroxylation is 1. The van der Waals surface area contributed by atoms with Gasteiger partial charge in [0.15, 0.2) is 5.79 Å². The van der Waals surface area contributed by atoms with Gasteiger partial charge in [0.05, 0.1) is 31.5 Å². The number of carbonyl (C=O) groups excluding carboxylic acids is 1. The van der Waals surface area contributed by atoms with Crippen molar-refractivity contribution in [2.24, 2.45) is 5.10 Å². The number of hydrogen-bond acceptors (Lipinski definition) is 5. The molecule has 7 heteroatoms. The first-order valence-electron chi connectivity index (χ1n) is 11.2. The summed E-state index contributed by atoms with van der Waals surface area (Å²) in [5.41, 5.74) is 3.39. The molecule has 1 atom stereocenters. The highest BCUT2D eigenvalue weighted by Gasteiger charge is 2.41. The second-order valence-electron chi connectivity index (χ2n) is 8.78. The Hall–Kier alpha value is -2.61. The SMILES string of the molecule is Cc1cccc(C2=NN(C(=O)CN3CCC4(CC3)OCCO4)[C@H](c3ccccc3F)C2)c1. The molecule has 2 aromatic carbocycles. The van der Waals surface area contributed by atoms with Crippen molar-refractivity contribution in [2.75, 3.05) is 32.8 Å². The molecular formula is C25H28FN3O3. The highest BCUT2D eigenvalue weighted by molar-refractivity contribution is 6.03. The molecular weight excluding hydrogens is 409 g/mol. The van der Waals surface area contributed by atoms with Gasteiger partial charge in [-0.15, -0.1) is 0 Å². The zero-order valence-electron chi connectivity index (χ0n) is 18.3. The van der Waals surface area contributed by atoms with E-state index in [1.807, 2.05) is 25.1 Å². The Morgan fingerprint density at radius 1 is 1.12 bits per heavy atom. The summed E-state index contributed by atoms with van der Waals surface area (Å²) in [6, 6.07) is 14.3. The lowest BCUT2D eigenvalue weighted by molar-refractivity contribution is -0.186. The molecule has 2 aromatic rings. The second kappa shape index (κ2) is 8.73. The molecule has 3 aliphatic rings. The average Bonchev–Trinajstić information content (AvgIpc) is 3.44. The summed E-state index contributed by atoms with van der Waals surface area (Å²) in [6.07, 6.45) is 1.98. The van der Waals surface area contributed by atoms with E-state index in [0.717, 1.165) is 42.8 Å². The summed E-state index contributed by atoms with van der Waals surface area (Å²) in [5, 5.41) is 6.18. The highest BCUT2D eigenvalue weighted by atomic mass is 19.1. The predicted molar refractivity (Wildman–Crippen MR) is 119 cm³/mol. The number of carbonyl (C=O) groups is 1. The van der Waals surface area contributed by atoms with E-state index in [1.165, 1.54) is 11.1 Å². The number of rotatable bonds is 4. The van der Waals surface area contributed by atoms with Crippen LogP contribution < -0.4 is 0 Å². The van der Waals surface area contributed by atoms with Gasteiger partial charge >= 0.3 is 0 Å². The lowest BCUT2D eigenvalue weighted by Gasteiger charge is -2.37. The van der Waals surface area contributed by atoms with E-state index in [4.69, 9.17) is 14.6 Å². The Kier molecular flexibility index (Phi) is 5.80. The minimum absolute atomic E-state index is 0.120. The van der Waals surface area contributed by atoms with Crippen molar-refractivity contribution in [1.82, 2.24) is 9.91 Å². The van der Waals surface area contributed by atoms with Gasteiger partial charge < -0.3 is 9.47 Å². The third kappa shape index (κ3) is 4.20. The van der Waals surface area contributed by atoms with Gasteiger partial charge in [-0.1, -0.05) is 48.0 Å².